The van der Waals surface area contributed by atoms with E-state index in [-0.39, 0.29) is 0 Å². The first-order valence-electron chi connectivity index (χ1n) is 7.36. The Kier molecular flexibility index (Phi) is 8.04. The number of thiocarbonyl (C=S) groups is 1. The predicted octanol–water partition coefficient (Wildman–Crippen LogP) is 3.74. The molecule has 1 rings (SSSR count). The van der Waals surface area contributed by atoms with Gasteiger partial charge in [-0.25, -0.2) is 0 Å². The van der Waals surface area contributed by atoms with Crippen molar-refractivity contribution in [2.45, 2.75) is 40.0 Å². The second-order valence-electron chi connectivity index (χ2n) is 4.52. The lowest BCUT2D eigenvalue weighted by Crippen LogP contribution is -2.20. The molecule has 0 amide bonds. The number of ether oxygens (including phenoxy) is 2. The predicted molar refractivity (Wildman–Crippen MR) is 88.0 cm³/mol. The fraction of sp³-hybridized carbons (Fsp3) is 0.562. The Hall–Kier alpha value is -1.29. The maximum Gasteiger partial charge on any atom is 0.161 e. The molecule has 0 aliphatic rings. The summed E-state index contributed by atoms with van der Waals surface area (Å²) in [6, 6.07) is 6.14. The van der Waals surface area contributed by atoms with Gasteiger partial charge in [-0.15, -0.1) is 0 Å². The Bertz CT molecular complexity index is 421. The van der Waals surface area contributed by atoms with Crippen LogP contribution in [0.4, 0.5) is 0 Å². The molecule has 1 aromatic carbocycles. The van der Waals surface area contributed by atoms with Crippen LogP contribution >= 0.6 is 12.2 Å². The number of hydrogen-bond acceptors (Lipinski definition) is 3. The molecule has 112 valence electrons. The van der Waals surface area contributed by atoms with Crippen molar-refractivity contribution in [3.8, 4) is 11.5 Å². The van der Waals surface area contributed by atoms with E-state index in [1.807, 2.05) is 13.0 Å². The fourth-order valence-electron chi connectivity index (χ4n) is 1.85. The van der Waals surface area contributed by atoms with Crippen molar-refractivity contribution >= 4 is 17.2 Å². The molecule has 0 saturated heterocycles. The largest absolute Gasteiger partial charge is 0.490 e. The lowest BCUT2D eigenvalue weighted by Gasteiger charge is -2.13. The number of benzene rings is 1. The van der Waals surface area contributed by atoms with Gasteiger partial charge in [-0.1, -0.05) is 25.2 Å². The molecule has 1 aromatic rings. The van der Waals surface area contributed by atoms with Crippen LogP contribution in [0.2, 0.25) is 0 Å². The van der Waals surface area contributed by atoms with Crippen molar-refractivity contribution in [3.05, 3.63) is 23.8 Å². The van der Waals surface area contributed by atoms with Gasteiger partial charge in [-0.05, 0) is 44.4 Å². The average Bonchev–Trinajstić information content (AvgIpc) is 2.45. The van der Waals surface area contributed by atoms with Crippen molar-refractivity contribution in [2.24, 2.45) is 0 Å². The first kappa shape index (κ1) is 16.8. The summed E-state index contributed by atoms with van der Waals surface area (Å²) in [5.41, 5.74) is 1.22. The molecule has 0 unspecified atom stereocenters. The van der Waals surface area contributed by atoms with Crippen molar-refractivity contribution < 1.29 is 9.47 Å². The molecule has 20 heavy (non-hydrogen) atoms. The molecule has 0 fully saturated rings. The van der Waals surface area contributed by atoms with Crippen LogP contribution in [-0.4, -0.2) is 24.7 Å². The van der Waals surface area contributed by atoms with Gasteiger partial charge in [0.25, 0.3) is 0 Å². The summed E-state index contributed by atoms with van der Waals surface area (Å²) in [5.74, 6) is 1.65. The number of aryl methyl sites for hydroxylation is 1. The Morgan fingerprint density at radius 2 is 1.95 bits per heavy atom. The van der Waals surface area contributed by atoms with Gasteiger partial charge in [0.05, 0.1) is 18.2 Å². The summed E-state index contributed by atoms with van der Waals surface area (Å²) in [4.78, 5) is 0.914. The second-order valence-corrected chi connectivity index (χ2v) is 5.01. The topological polar surface area (TPSA) is 30.5 Å². The molecule has 1 N–H and O–H groups in total. The van der Waals surface area contributed by atoms with Crippen LogP contribution in [-0.2, 0) is 6.42 Å². The Labute approximate surface area is 127 Å². The van der Waals surface area contributed by atoms with Gasteiger partial charge in [0.1, 0.15) is 0 Å². The molecule has 0 spiro atoms. The summed E-state index contributed by atoms with van der Waals surface area (Å²) >= 11 is 5.25. The first-order chi connectivity index (χ1) is 9.71. The molecule has 4 heteroatoms. The highest BCUT2D eigenvalue weighted by Crippen LogP contribution is 2.29. The van der Waals surface area contributed by atoms with E-state index in [1.165, 1.54) is 5.56 Å². The summed E-state index contributed by atoms with van der Waals surface area (Å²) in [5, 5.41) is 3.17. The third kappa shape index (κ3) is 5.78. The quantitative estimate of drug-likeness (QED) is 0.703. The van der Waals surface area contributed by atoms with Crippen molar-refractivity contribution in [3.63, 3.8) is 0 Å². The van der Waals surface area contributed by atoms with Crippen LogP contribution in [0, 0.1) is 0 Å². The normalized spacial score (nSPS) is 10.2. The third-order valence-electron chi connectivity index (χ3n) is 2.78. The van der Waals surface area contributed by atoms with Gasteiger partial charge in [0.2, 0.25) is 0 Å². The third-order valence-corrected chi connectivity index (χ3v) is 3.13. The molecule has 0 saturated carbocycles. The zero-order valence-electron chi connectivity index (χ0n) is 12.7. The SMILES string of the molecule is CCCOc1ccc(CCC(=S)NCC)cc1OCC. The minimum atomic E-state index is 0.641. The molecule has 0 radical (unpaired) electrons. The summed E-state index contributed by atoms with van der Waals surface area (Å²) in [6.45, 7) is 8.37. The maximum atomic E-state index is 5.69. The first-order valence-corrected chi connectivity index (χ1v) is 7.77. The van der Waals surface area contributed by atoms with Crippen LogP contribution in [0.3, 0.4) is 0 Å². The molecule has 0 heterocycles. The fourth-order valence-corrected chi connectivity index (χ4v) is 2.10. The maximum absolute atomic E-state index is 5.69. The standard InChI is InChI=1S/C16H25NO2S/c1-4-11-19-14-9-7-13(12-15(14)18-6-3)8-10-16(20)17-5-2/h7,9,12H,4-6,8,10-11H2,1-3H3,(H,17,20). The molecule has 0 aliphatic heterocycles. The zero-order chi connectivity index (χ0) is 14.8. The van der Waals surface area contributed by atoms with Gasteiger partial charge >= 0.3 is 0 Å². The monoisotopic (exact) mass is 295 g/mol. The highest BCUT2D eigenvalue weighted by atomic mass is 32.1. The second kappa shape index (κ2) is 9.59. The van der Waals surface area contributed by atoms with Crippen LogP contribution in [0.5, 0.6) is 11.5 Å². The minimum Gasteiger partial charge on any atom is -0.490 e. The van der Waals surface area contributed by atoms with Gasteiger partial charge in [0.15, 0.2) is 11.5 Å². The minimum absolute atomic E-state index is 0.641. The van der Waals surface area contributed by atoms with Gasteiger partial charge < -0.3 is 14.8 Å². The molecular formula is C16H25NO2S. The zero-order valence-corrected chi connectivity index (χ0v) is 13.5. The Balaban J connectivity index is 2.68. The smallest absolute Gasteiger partial charge is 0.161 e. The summed E-state index contributed by atoms with van der Waals surface area (Å²) in [6.07, 6.45) is 2.77. The molecule has 0 bridgehead atoms. The molecule has 3 nitrogen and oxygen atoms in total. The van der Waals surface area contributed by atoms with E-state index in [4.69, 9.17) is 21.7 Å². The van der Waals surface area contributed by atoms with E-state index in [0.29, 0.717) is 13.2 Å². The van der Waals surface area contributed by atoms with Crippen LogP contribution in [0.15, 0.2) is 18.2 Å². The number of hydrogen-bond donors (Lipinski definition) is 1. The van der Waals surface area contributed by atoms with Gasteiger partial charge in [-0.3, -0.25) is 0 Å². The number of nitrogens with one attached hydrogen (secondary N) is 1. The van der Waals surface area contributed by atoms with E-state index in [9.17, 15) is 0 Å². The van der Waals surface area contributed by atoms with Crippen molar-refractivity contribution in [2.75, 3.05) is 19.8 Å². The van der Waals surface area contributed by atoms with Crippen LogP contribution in [0.1, 0.15) is 39.2 Å². The van der Waals surface area contributed by atoms with E-state index in [0.717, 1.165) is 42.3 Å². The number of rotatable bonds is 9. The highest BCUT2D eigenvalue weighted by molar-refractivity contribution is 7.80. The summed E-state index contributed by atoms with van der Waals surface area (Å²) in [7, 11) is 0. The lowest BCUT2D eigenvalue weighted by molar-refractivity contribution is 0.276. The van der Waals surface area contributed by atoms with E-state index in [2.05, 4.69) is 31.3 Å². The van der Waals surface area contributed by atoms with E-state index >= 15 is 0 Å². The van der Waals surface area contributed by atoms with Crippen molar-refractivity contribution in [1.82, 2.24) is 5.32 Å². The molecule has 0 aliphatic carbocycles. The Morgan fingerprint density at radius 3 is 2.60 bits per heavy atom. The molecular weight excluding hydrogens is 270 g/mol. The van der Waals surface area contributed by atoms with E-state index in [1.54, 1.807) is 0 Å². The van der Waals surface area contributed by atoms with Gasteiger partial charge in [0, 0.05) is 13.0 Å². The summed E-state index contributed by atoms with van der Waals surface area (Å²) < 4.78 is 11.4. The Morgan fingerprint density at radius 1 is 1.15 bits per heavy atom. The van der Waals surface area contributed by atoms with Crippen molar-refractivity contribution in [1.29, 1.82) is 0 Å². The van der Waals surface area contributed by atoms with Crippen LogP contribution in [0.25, 0.3) is 0 Å². The molecule has 0 aromatic heterocycles. The van der Waals surface area contributed by atoms with Gasteiger partial charge in [-0.2, -0.15) is 0 Å². The highest BCUT2D eigenvalue weighted by Gasteiger charge is 2.07. The lowest BCUT2D eigenvalue weighted by atomic mass is 10.1. The van der Waals surface area contributed by atoms with Crippen LogP contribution < -0.4 is 14.8 Å². The molecule has 0 atom stereocenters. The van der Waals surface area contributed by atoms with E-state index < -0.39 is 0 Å². The average molecular weight is 295 g/mol.